The van der Waals surface area contributed by atoms with Crippen molar-refractivity contribution in [3.8, 4) is 0 Å². The molecule has 5 heteroatoms. The van der Waals surface area contributed by atoms with Crippen LogP contribution in [0.2, 0.25) is 0 Å². The molecule has 0 spiro atoms. The summed E-state index contributed by atoms with van der Waals surface area (Å²) in [6, 6.07) is 16.6. The number of carbonyl (C=O) groups excluding carboxylic acids is 2. The number of amides is 2. The highest BCUT2D eigenvalue weighted by atomic mass is 16.2. The molecule has 176 valence electrons. The first-order chi connectivity index (χ1) is 16.1. The highest BCUT2D eigenvalue weighted by molar-refractivity contribution is 6.02. The highest BCUT2D eigenvalue weighted by Gasteiger charge is 2.27. The zero-order valence-corrected chi connectivity index (χ0v) is 19.9. The Kier molecular flexibility index (Phi) is 8.03. The van der Waals surface area contributed by atoms with E-state index in [1.807, 2.05) is 23.1 Å². The van der Waals surface area contributed by atoms with Crippen molar-refractivity contribution < 1.29 is 9.59 Å². The van der Waals surface area contributed by atoms with Crippen LogP contribution < -0.4 is 10.2 Å². The summed E-state index contributed by atoms with van der Waals surface area (Å²) in [6.07, 6.45) is 7.90. The minimum absolute atomic E-state index is 0.0193. The zero-order valence-electron chi connectivity index (χ0n) is 19.9. The third-order valence-electron chi connectivity index (χ3n) is 6.98. The van der Waals surface area contributed by atoms with Gasteiger partial charge in [-0.1, -0.05) is 43.7 Å². The lowest BCUT2D eigenvalue weighted by molar-refractivity contribution is -0.116. The third-order valence-corrected chi connectivity index (χ3v) is 6.98. The molecule has 0 aromatic heterocycles. The molecule has 2 heterocycles. The van der Waals surface area contributed by atoms with Gasteiger partial charge in [-0.3, -0.25) is 9.59 Å². The first-order valence-corrected chi connectivity index (χ1v) is 12.7. The number of unbranched alkanes of at least 4 members (excludes halogenated alkanes) is 1. The summed E-state index contributed by atoms with van der Waals surface area (Å²) in [4.78, 5) is 30.0. The van der Waals surface area contributed by atoms with Gasteiger partial charge in [0.05, 0.1) is 5.56 Å². The van der Waals surface area contributed by atoms with Crippen molar-refractivity contribution in [2.24, 2.45) is 5.92 Å². The smallest absolute Gasteiger partial charge is 0.256 e. The van der Waals surface area contributed by atoms with E-state index < -0.39 is 0 Å². The van der Waals surface area contributed by atoms with Crippen LogP contribution in [0.4, 0.5) is 11.4 Å². The fourth-order valence-electron chi connectivity index (χ4n) is 5.04. The van der Waals surface area contributed by atoms with Crippen LogP contribution in [0.1, 0.15) is 67.8 Å². The molecule has 33 heavy (non-hydrogen) atoms. The summed E-state index contributed by atoms with van der Waals surface area (Å²) in [6.45, 7) is 5.65. The van der Waals surface area contributed by atoms with Gasteiger partial charge in [0, 0.05) is 44.0 Å². The van der Waals surface area contributed by atoms with E-state index in [-0.39, 0.29) is 11.8 Å². The molecule has 5 nitrogen and oxygen atoms in total. The maximum absolute atomic E-state index is 13.4. The van der Waals surface area contributed by atoms with Gasteiger partial charge in [-0.2, -0.15) is 0 Å². The molecule has 0 saturated carbocycles. The lowest BCUT2D eigenvalue weighted by Crippen LogP contribution is -2.36. The second-order valence-corrected chi connectivity index (χ2v) is 9.50. The lowest BCUT2D eigenvalue weighted by Gasteiger charge is -2.35. The zero-order chi connectivity index (χ0) is 23.0. The second-order valence-electron chi connectivity index (χ2n) is 9.50. The summed E-state index contributed by atoms with van der Waals surface area (Å²) >= 11 is 0. The SMILES string of the molecule is CCCCC(=O)Nc1ccc(N2CCC(Cc3ccccc3)CC2)c(C(=O)N2CCCC2)c1. The quantitative estimate of drug-likeness (QED) is 0.580. The monoisotopic (exact) mass is 447 g/mol. The van der Waals surface area contributed by atoms with Crippen molar-refractivity contribution in [1.82, 2.24) is 4.90 Å². The Balaban J connectivity index is 1.48. The summed E-state index contributed by atoms with van der Waals surface area (Å²) in [5, 5.41) is 3.00. The summed E-state index contributed by atoms with van der Waals surface area (Å²) in [7, 11) is 0. The van der Waals surface area contributed by atoms with Gasteiger partial charge >= 0.3 is 0 Å². The molecule has 2 fully saturated rings. The average Bonchev–Trinajstić information content (AvgIpc) is 3.39. The maximum Gasteiger partial charge on any atom is 0.256 e. The van der Waals surface area contributed by atoms with E-state index in [9.17, 15) is 9.59 Å². The van der Waals surface area contributed by atoms with E-state index in [0.29, 0.717) is 12.3 Å². The van der Waals surface area contributed by atoms with Crippen molar-refractivity contribution in [1.29, 1.82) is 0 Å². The molecule has 2 aromatic carbocycles. The molecule has 2 saturated heterocycles. The second kappa shape index (κ2) is 11.4. The molecule has 0 radical (unpaired) electrons. The highest BCUT2D eigenvalue weighted by Crippen LogP contribution is 2.31. The molecule has 1 N–H and O–H groups in total. The molecule has 2 aromatic rings. The number of likely N-dealkylation sites (tertiary alicyclic amines) is 1. The van der Waals surface area contributed by atoms with Gasteiger partial charge in [-0.25, -0.2) is 0 Å². The number of carbonyl (C=O) groups is 2. The molecule has 0 bridgehead atoms. The Hall–Kier alpha value is -2.82. The average molecular weight is 448 g/mol. The van der Waals surface area contributed by atoms with Crippen LogP contribution in [0, 0.1) is 5.92 Å². The predicted molar refractivity (Wildman–Crippen MR) is 135 cm³/mol. The van der Waals surface area contributed by atoms with E-state index in [1.165, 1.54) is 5.56 Å². The molecule has 0 atom stereocenters. The molecule has 0 unspecified atom stereocenters. The van der Waals surface area contributed by atoms with E-state index in [1.54, 1.807) is 0 Å². The van der Waals surface area contributed by atoms with Crippen LogP contribution in [0.15, 0.2) is 48.5 Å². The largest absolute Gasteiger partial charge is 0.371 e. The fourth-order valence-corrected chi connectivity index (χ4v) is 5.04. The van der Waals surface area contributed by atoms with Crippen molar-refractivity contribution in [3.63, 3.8) is 0 Å². The van der Waals surface area contributed by atoms with Crippen molar-refractivity contribution in [3.05, 3.63) is 59.7 Å². The lowest BCUT2D eigenvalue weighted by atomic mass is 9.89. The number of hydrogen-bond acceptors (Lipinski definition) is 3. The molecule has 4 rings (SSSR count). The summed E-state index contributed by atoms with van der Waals surface area (Å²) < 4.78 is 0. The number of rotatable bonds is 8. The van der Waals surface area contributed by atoms with Crippen molar-refractivity contribution in [2.75, 3.05) is 36.4 Å². The molecular formula is C28H37N3O2. The van der Waals surface area contributed by atoms with E-state index in [0.717, 1.165) is 88.1 Å². The third kappa shape index (κ3) is 6.16. The maximum atomic E-state index is 13.4. The minimum atomic E-state index is 0.0193. The van der Waals surface area contributed by atoms with Gasteiger partial charge in [-0.15, -0.1) is 0 Å². The minimum Gasteiger partial charge on any atom is -0.371 e. The van der Waals surface area contributed by atoms with E-state index in [2.05, 4.69) is 47.5 Å². The molecule has 2 amide bonds. The van der Waals surface area contributed by atoms with Gasteiger partial charge in [0.1, 0.15) is 0 Å². The van der Waals surface area contributed by atoms with Crippen LogP contribution in [-0.2, 0) is 11.2 Å². The van der Waals surface area contributed by atoms with Gasteiger partial charge in [-0.05, 0) is 68.2 Å². The van der Waals surface area contributed by atoms with Crippen LogP contribution in [0.5, 0.6) is 0 Å². The van der Waals surface area contributed by atoms with Gasteiger partial charge in [0.25, 0.3) is 5.91 Å². The fraction of sp³-hybridized carbons (Fsp3) is 0.500. The Labute approximate surface area is 198 Å². The van der Waals surface area contributed by atoms with Gasteiger partial charge < -0.3 is 15.1 Å². The van der Waals surface area contributed by atoms with Crippen LogP contribution in [-0.4, -0.2) is 42.9 Å². The molecule has 0 aliphatic carbocycles. The van der Waals surface area contributed by atoms with Crippen molar-refractivity contribution in [2.45, 2.75) is 58.3 Å². The Morgan fingerprint density at radius 1 is 0.970 bits per heavy atom. The van der Waals surface area contributed by atoms with Crippen LogP contribution in [0.3, 0.4) is 0 Å². The van der Waals surface area contributed by atoms with E-state index in [4.69, 9.17) is 0 Å². The summed E-state index contributed by atoms with van der Waals surface area (Å²) in [5.41, 5.74) is 3.87. The van der Waals surface area contributed by atoms with Gasteiger partial charge in [0.2, 0.25) is 5.91 Å². The number of benzene rings is 2. The van der Waals surface area contributed by atoms with Crippen LogP contribution in [0.25, 0.3) is 0 Å². The molecular weight excluding hydrogens is 410 g/mol. The van der Waals surface area contributed by atoms with Crippen LogP contribution >= 0.6 is 0 Å². The number of piperidine rings is 1. The van der Waals surface area contributed by atoms with Crippen molar-refractivity contribution >= 4 is 23.2 Å². The first kappa shape index (κ1) is 23.3. The Bertz CT molecular complexity index is 929. The predicted octanol–water partition coefficient (Wildman–Crippen LogP) is 5.51. The topological polar surface area (TPSA) is 52.7 Å². The van der Waals surface area contributed by atoms with E-state index >= 15 is 0 Å². The first-order valence-electron chi connectivity index (χ1n) is 12.7. The summed E-state index contributed by atoms with van der Waals surface area (Å²) in [5.74, 6) is 0.794. The molecule has 2 aliphatic heterocycles. The Morgan fingerprint density at radius 3 is 2.39 bits per heavy atom. The number of hydrogen-bond donors (Lipinski definition) is 1. The number of nitrogens with one attached hydrogen (secondary N) is 1. The normalized spacial score (nSPS) is 16.8. The van der Waals surface area contributed by atoms with Gasteiger partial charge in [0.15, 0.2) is 0 Å². The standard InChI is InChI=1S/C28H37N3O2/c1-2-3-11-27(32)29-24-12-13-26(25(21-24)28(33)31-16-7-8-17-31)30-18-14-23(15-19-30)20-22-9-5-4-6-10-22/h4-6,9-10,12-13,21,23H,2-3,7-8,11,14-20H2,1H3,(H,29,32). The number of anilines is 2. The Morgan fingerprint density at radius 2 is 1.70 bits per heavy atom. The molecule has 2 aliphatic rings. The number of nitrogens with zero attached hydrogens (tertiary/aromatic N) is 2.